The molecule has 0 N–H and O–H groups in total. The molecule has 1 radical (unpaired) electrons. The topological polar surface area (TPSA) is 46.2 Å². The quantitative estimate of drug-likeness (QED) is 0.531. The van der Waals surface area contributed by atoms with Crippen molar-refractivity contribution < 1.29 is 14.6 Å². The molecular formula is C6H11O3. The third-order valence-electron chi connectivity index (χ3n) is 1.03. The van der Waals surface area contributed by atoms with Gasteiger partial charge in [-0.3, -0.25) is 0 Å². The molecule has 0 heterocycles. The normalized spacial score (nSPS) is 12.8. The molecule has 3 nitrogen and oxygen atoms in total. The second kappa shape index (κ2) is 4.32. The third-order valence-corrected chi connectivity index (χ3v) is 1.03. The Morgan fingerprint density at radius 3 is 2.56 bits per heavy atom. The van der Waals surface area contributed by atoms with E-state index in [0.717, 1.165) is 6.42 Å². The van der Waals surface area contributed by atoms with Gasteiger partial charge in [0.15, 0.2) is 6.61 Å². The number of ether oxygens (including phenoxy) is 1. The highest BCUT2D eigenvalue weighted by Gasteiger charge is 2.04. The summed E-state index contributed by atoms with van der Waals surface area (Å²) in [5, 5.41) is 9.81. The monoisotopic (exact) mass is 131 g/mol. The summed E-state index contributed by atoms with van der Waals surface area (Å²) in [5.74, 6) is -0.663. The minimum Gasteiger partial charge on any atom is -0.461 e. The van der Waals surface area contributed by atoms with Gasteiger partial charge in [0.05, 0.1) is 6.10 Å². The Hall–Kier alpha value is -0.570. The summed E-state index contributed by atoms with van der Waals surface area (Å²) in [6.45, 7) is 2.88. The van der Waals surface area contributed by atoms with Crippen molar-refractivity contribution in [3.8, 4) is 0 Å². The van der Waals surface area contributed by atoms with E-state index in [1.54, 1.807) is 6.92 Å². The predicted molar refractivity (Wildman–Crippen MR) is 31.4 cm³/mol. The average Bonchev–Trinajstić information content (AvgIpc) is 1.87. The smallest absolute Gasteiger partial charge is 0.335 e. The highest BCUT2D eigenvalue weighted by molar-refractivity contribution is 5.70. The number of esters is 1. The van der Waals surface area contributed by atoms with Gasteiger partial charge < -0.3 is 4.74 Å². The number of hydrogen-bond acceptors (Lipinski definition) is 2. The van der Waals surface area contributed by atoms with Gasteiger partial charge in [0.2, 0.25) is 0 Å². The molecule has 1 unspecified atom stereocenters. The molecule has 0 rings (SSSR count). The van der Waals surface area contributed by atoms with Gasteiger partial charge in [-0.05, 0) is 13.3 Å². The standard InChI is InChI=1S/C6H11O3/c1-3-5(2)9-6(8)4-7/h5H,3-4H2,1-2H3. The Labute approximate surface area is 54.6 Å². The van der Waals surface area contributed by atoms with Crippen LogP contribution in [0.25, 0.3) is 0 Å². The molecule has 3 heteroatoms. The van der Waals surface area contributed by atoms with Gasteiger partial charge in [-0.2, -0.15) is 0 Å². The van der Waals surface area contributed by atoms with Gasteiger partial charge in [0.1, 0.15) is 0 Å². The molecule has 0 aliphatic rings. The molecule has 9 heavy (non-hydrogen) atoms. The number of carbonyl (C=O) groups is 1. The summed E-state index contributed by atoms with van der Waals surface area (Å²) < 4.78 is 4.60. The summed E-state index contributed by atoms with van der Waals surface area (Å²) in [7, 11) is 0. The SMILES string of the molecule is CCC(C)OC(=O)C[O]. The first-order chi connectivity index (χ1) is 4.20. The van der Waals surface area contributed by atoms with Crippen LogP contribution in [0.2, 0.25) is 0 Å². The van der Waals surface area contributed by atoms with Gasteiger partial charge in [0, 0.05) is 0 Å². The van der Waals surface area contributed by atoms with Crippen molar-refractivity contribution in [2.24, 2.45) is 0 Å². The van der Waals surface area contributed by atoms with E-state index in [0.29, 0.717) is 0 Å². The first-order valence-corrected chi connectivity index (χ1v) is 2.98. The summed E-state index contributed by atoms with van der Waals surface area (Å²) in [6, 6.07) is 0. The Balaban J connectivity index is 3.34. The van der Waals surface area contributed by atoms with Crippen molar-refractivity contribution in [3.63, 3.8) is 0 Å². The minimum atomic E-state index is -0.773. The van der Waals surface area contributed by atoms with Crippen molar-refractivity contribution in [2.45, 2.75) is 26.4 Å². The fourth-order valence-corrected chi connectivity index (χ4v) is 0.342. The fraction of sp³-hybridized carbons (Fsp3) is 0.833. The van der Waals surface area contributed by atoms with E-state index >= 15 is 0 Å². The minimum absolute atomic E-state index is 0.119. The first-order valence-electron chi connectivity index (χ1n) is 2.98. The molecule has 0 fully saturated rings. The third kappa shape index (κ3) is 3.97. The first kappa shape index (κ1) is 8.43. The van der Waals surface area contributed by atoms with E-state index in [2.05, 4.69) is 4.74 Å². The molecule has 0 spiro atoms. The lowest BCUT2D eigenvalue weighted by Gasteiger charge is -2.07. The maximum Gasteiger partial charge on any atom is 0.335 e. The van der Waals surface area contributed by atoms with E-state index in [-0.39, 0.29) is 6.10 Å². The molecule has 0 saturated carbocycles. The van der Waals surface area contributed by atoms with Crippen LogP contribution in [-0.2, 0) is 14.6 Å². The molecule has 0 amide bonds. The van der Waals surface area contributed by atoms with E-state index in [9.17, 15) is 9.90 Å². The van der Waals surface area contributed by atoms with Crippen molar-refractivity contribution in [3.05, 3.63) is 0 Å². The lowest BCUT2D eigenvalue weighted by atomic mass is 10.3. The molecule has 0 saturated heterocycles. The van der Waals surface area contributed by atoms with Crippen LogP contribution >= 0.6 is 0 Å². The van der Waals surface area contributed by atoms with E-state index in [4.69, 9.17) is 0 Å². The summed E-state index contributed by atoms with van der Waals surface area (Å²) in [5.41, 5.74) is 0. The molecule has 0 aliphatic heterocycles. The van der Waals surface area contributed by atoms with Crippen LogP contribution in [0.3, 0.4) is 0 Å². The molecule has 0 aromatic carbocycles. The van der Waals surface area contributed by atoms with Crippen LogP contribution < -0.4 is 0 Å². The van der Waals surface area contributed by atoms with Gasteiger partial charge in [-0.15, -0.1) is 0 Å². The van der Waals surface area contributed by atoms with Gasteiger partial charge in [0.25, 0.3) is 0 Å². The second-order valence-corrected chi connectivity index (χ2v) is 1.85. The van der Waals surface area contributed by atoms with E-state index in [1.165, 1.54) is 0 Å². The maximum absolute atomic E-state index is 10.2. The molecule has 0 bridgehead atoms. The summed E-state index contributed by atoms with van der Waals surface area (Å²) in [4.78, 5) is 10.2. The maximum atomic E-state index is 10.2. The molecule has 53 valence electrons. The highest BCUT2D eigenvalue weighted by atomic mass is 16.6. The summed E-state index contributed by atoms with van der Waals surface area (Å²) >= 11 is 0. The Morgan fingerprint density at radius 2 is 2.22 bits per heavy atom. The summed E-state index contributed by atoms with van der Waals surface area (Å²) in [6.07, 6.45) is 0.637. The van der Waals surface area contributed by atoms with Crippen molar-refractivity contribution in [2.75, 3.05) is 6.61 Å². The van der Waals surface area contributed by atoms with Crippen LogP contribution in [0.5, 0.6) is 0 Å². The zero-order chi connectivity index (χ0) is 7.28. The largest absolute Gasteiger partial charge is 0.461 e. The Kier molecular flexibility index (Phi) is 4.05. The fourth-order valence-electron chi connectivity index (χ4n) is 0.342. The second-order valence-electron chi connectivity index (χ2n) is 1.85. The van der Waals surface area contributed by atoms with Crippen molar-refractivity contribution >= 4 is 5.97 Å². The highest BCUT2D eigenvalue weighted by Crippen LogP contribution is 1.94. The van der Waals surface area contributed by atoms with Gasteiger partial charge in [-0.25, -0.2) is 9.90 Å². The Bertz CT molecular complexity index is 90.3. The number of rotatable bonds is 3. The average molecular weight is 131 g/mol. The van der Waals surface area contributed by atoms with Gasteiger partial charge >= 0.3 is 5.97 Å². The van der Waals surface area contributed by atoms with Crippen LogP contribution in [-0.4, -0.2) is 18.7 Å². The zero-order valence-electron chi connectivity index (χ0n) is 5.72. The zero-order valence-corrected chi connectivity index (χ0v) is 5.72. The molecule has 0 aromatic heterocycles. The van der Waals surface area contributed by atoms with E-state index < -0.39 is 12.6 Å². The van der Waals surface area contributed by atoms with Crippen LogP contribution in [0, 0.1) is 0 Å². The number of carbonyl (C=O) groups excluding carboxylic acids is 1. The van der Waals surface area contributed by atoms with Crippen LogP contribution in [0.4, 0.5) is 0 Å². The molecule has 0 aromatic rings. The van der Waals surface area contributed by atoms with Crippen LogP contribution in [0.1, 0.15) is 20.3 Å². The molecule has 1 atom stereocenters. The molecule has 0 aliphatic carbocycles. The number of hydrogen-bond donors (Lipinski definition) is 0. The van der Waals surface area contributed by atoms with Gasteiger partial charge in [-0.1, -0.05) is 6.92 Å². The lowest BCUT2D eigenvalue weighted by molar-refractivity contribution is -0.153. The Morgan fingerprint density at radius 1 is 1.67 bits per heavy atom. The van der Waals surface area contributed by atoms with Crippen molar-refractivity contribution in [1.82, 2.24) is 0 Å². The molecular weight excluding hydrogens is 120 g/mol. The van der Waals surface area contributed by atoms with Crippen LogP contribution in [0.15, 0.2) is 0 Å². The predicted octanol–water partition coefficient (Wildman–Crippen LogP) is 0.759. The van der Waals surface area contributed by atoms with E-state index in [1.807, 2.05) is 6.92 Å². The lowest BCUT2D eigenvalue weighted by Crippen LogP contribution is -2.15. The van der Waals surface area contributed by atoms with Crippen molar-refractivity contribution in [1.29, 1.82) is 0 Å².